The van der Waals surface area contributed by atoms with E-state index in [1.54, 1.807) is 0 Å². The molecule has 0 aliphatic heterocycles. The van der Waals surface area contributed by atoms with Crippen LogP contribution in [-0.4, -0.2) is 12.5 Å². The van der Waals surface area contributed by atoms with E-state index in [4.69, 9.17) is 0 Å². The highest BCUT2D eigenvalue weighted by Gasteiger charge is 2.21. The van der Waals surface area contributed by atoms with Crippen LogP contribution in [0.25, 0.3) is 0 Å². The molecule has 116 valence electrons. The predicted molar refractivity (Wildman–Crippen MR) is 93.6 cm³/mol. The summed E-state index contributed by atoms with van der Waals surface area (Å²) in [7, 11) is 0. The van der Waals surface area contributed by atoms with Crippen molar-refractivity contribution in [2.75, 3.05) is 16.8 Å². The average Bonchev–Trinajstić information content (AvgIpc) is 2.50. The fourth-order valence-electron chi connectivity index (χ4n) is 2.17. The summed E-state index contributed by atoms with van der Waals surface area (Å²) in [6.45, 7) is 8.74. The maximum Gasteiger partial charge on any atom is 0.229 e. The molecule has 0 fully saturated rings. The van der Waals surface area contributed by atoms with Gasteiger partial charge in [-0.1, -0.05) is 39.0 Å². The lowest BCUT2D eigenvalue weighted by atomic mass is 9.95. The molecule has 0 aliphatic carbocycles. The SMILES string of the molecule is CCN(c1ccccc1)c1ccc(NC(=O)C(C)(C)C)cc1. The number of nitrogens with zero attached hydrogens (tertiary/aromatic N) is 1. The van der Waals surface area contributed by atoms with Gasteiger partial charge < -0.3 is 10.2 Å². The molecule has 2 aromatic rings. The minimum atomic E-state index is -0.391. The van der Waals surface area contributed by atoms with E-state index in [2.05, 4.69) is 29.3 Å². The first-order valence-corrected chi connectivity index (χ1v) is 7.66. The van der Waals surface area contributed by atoms with Crippen LogP contribution in [0.2, 0.25) is 0 Å². The zero-order chi connectivity index (χ0) is 16.2. The van der Waals surface area contributed by atoms with Crippen LogP contribution in [-0.2, 0) is 4.79 Å². The highest BCUT2D eigenvalue weighted by molar-refractivity contribution is 5.94. The van der Waals surface area contributed by atoms with Gasteiger partial charge >= 0.3 is 0 Å². The van der Waals surface area contributed by atoms with Crippen molar-refractivity contribution >= 4 is 23.0 Å². The molecule has 2 aromatic carbocycles. The first-order valence-electron chi connectivity index (χ1n) is 7.66. The van der Waals surface area contributed by atoms with Gasteiger partial charge in [0.2, 0.25) is 5.91 Å². The van der Waals surface area contributed by atoms with Crippen molar-refractivity contribution in [2.24, 2.45) is 5.41 Å². The number of para-hydroxylation sites is 1. The molecule has 0 atom stereocenters. The van der Waals surface area contributed by atoms with Crippen molar-refractivity contribution in [3.05, 3.63) is 54.6 Å². The molecular weight excluding hydrogens is 272 g/mol. The molecule has 0 spiro atoms. The lowest BCUT2D eigenvalue weighted by molar-refractivity contribution is -0.123. The van der Waals surface area contributed by atoms with E-state index in [0.717, 1.165) is 23.6 Å². The van der Waals surface area contributed by atoms with E-state index >= 15 is 0 Å². The van der Waals surface area contributed by atoms with Crippen LogP contribution in [0.5, 0.6) is 0 Å². The highest BCUT2D eigenvalue weighted by Crippen LogP contribution is 2.26. The Balaban J connectivity index is 2.16. The van der Waals surface area contributed by atoms with E-state index in [1.807, 2.05) is 63.2 Å². The van der Waals surface area contributed by atoms with E-state index in [-0.39, 0.29) is 5.91 Å². The number of hydrogen-bond donors (Lipinski definition) is 1. The Bertz CT molecular complexity index is 612. The van der Waals surface area contributed by atoms with Crippen molar-refractivity contribution < 1.29 is 4.79 Å². The quantitative estimate of drug-likeness (QED) is 0.876. The molecule has 0 radical (unpaired) electrons. The van der Waals surface area contributed by atoms with Gasteiger partial charge in [-0.3, -0.25) is 4.79 Å². The lowest BCUT2D eigenvalue weighted by Gasteiger charge is -2.24. The molecule has 2 rings (SSSR count). The lowest BCUT2D eigenvalue weighted by Crippen LogP contribution is -2.27. The molecule has 0 bridgehead atoms. The van der Waals surface area contributed by atoms with Gasteiger partial charge in [0.1, 0.15) is 0 Å². The van der Waals surface area contributed by atoms with Crippen molar-refractivity contribution in [2.45, 2.75) is 27.7 Å². The Morgan fingerprint density at radius 3 is 2.00 bits per heavy atom. The Labute approximate surface area is 133 Å². The Kier molecular flexibility index (Phi) is 4.86. The zero-order valence-electron chi connectivity index (χ0n) is 13.8. The topological polar surface area (TPSA) is 32.3 Å². The molecule has 0 aromatic heterocycles. The third-order valence-electron chi connectivity index (χ3n) is 3.50. The van der Waals surface area contributed by atoms with E-state index in [0.29, 0.717) is 0 Å². The number of benzene rings is 2. The summed E-state index contributed by atoms with van der Waals surface area (Å²) in [4.78, 5) is 14.2. The predicted octanol–water partition coefficient (Wildman–Crippen LogP) is 4.83. The summed E-state index contributed by atoms with van der Waals surface area (Å²) in [5, 5.41) is 2.95. The third-order valence-corrected chi connectivity index (χ3v) is 3.50. The fourth-order valence-corrected chi connectivity index (χ4v) is 2.17. The van der Waals surface area contributed by atoms with Crippen molar-refractivity contribution in [1.29, 1.82) is 0 Å². The first kappa shape index (κ1) is 16.1. The van der Waals surface area contributed by atoms with Gasteiger partial charge in [-0.15, -0.1) is 0 Å². The maximum atomic E-state index is 12.0. The average molecular weight is 296 g/mol. The summed E-state index contributed by atoms with van der Waals surface area (Å²) >= 11 is 0. The number of hydrogen-bond acceptors (Lipinski definition) is 2. The Morgan fingerprint density at radius 2 is 1.50 bits per heavy atom. The number of carbonyl (C=O) groups is 1. The summed E-state index contributed by atoms with van der Waals surface area (Å²) < 4.78 is 0. The molecule has 0 heterocycles. The molecule has 0 unspecified atom stereocenters. The number of rotatable bonds is 4. The second kappa shape index (κ2) is 6.65. The molecule has 22 heavy (non-hydrogen) atoms. The van der Waals surface area contributed by atoms with Crippen LogP contribution in [0.15, 0.2) is 54.6 Å². The van der Waals surface area contributed by atoms with Crippen LogP contribution in [0, 0.1) is 5.41 Å². The first-order chi connectivity index (χ1) is 10.4. The van der Waals surface area contributed by atoms with Gasteiger partial charge in [0.25, 0.3) is 0 Å². The molecule has 0 aliphatic rings. The van der Waals surface area contributed by atoms with Crippen molar-refractivity contribution in [3.8, 4) is 0 Å². The second-order valence-corrected chi connectivity index (χ2v) is 6.33. The molecule has 0 saturated carbocycles. The highest BCUT2D eigenvalue weighted by atomic mass is 16.2. The summed E-state index contributed by atoms with van der Waals surface area (Å²) in [6, 6.07) is 18.3. The fraction of sp³-hybridized carbons (Fsp3) is 0.316. The normalized spacial score (nSPS) is 11.1. The third kappa shape index (κ3) is 3.88. The zero-order valence-corrected chi connectivity index (χ0v) is 13.8. The monoisotopic (exact) mass is 296 g/mol. The van der Waals surface area contributed by atoms with Crippen molar-refractivity contribution in [1.82, 2.24) is 0 Å². The van der Waals surface area contributed by atoms with Gasteiger partial charge in [-0.05, 0) is 43.3 Å². The van der Waals surface area contributed by atoms with Crippen LogP contribution >= 0.6 is 0 Å². The van der Waals surface area contributed by atoms with Gasteiger partial charge in [0.15, 0.2) is 0 Å². The largest absolute Gasteiger partial charge is 0.342 e. The summed E-state index contributed by atoms with van der Waals surface area (Å²) in [6.07, 6.45) is 0. The van der Waals surface area contributed by atoms with E-state index in [1.165, 1.54) is 0 Å². The standard InChI is InChI=1S/C19H24N2O/c1-5-21(16-9-7-6-8-10-16)17-13-11-15(12-14-17)20-18(22)19(2,3)4/h6-14H,5H2,1-4H3,(H,20,22). The summed E-state index contributed by atoms with van der Waals surface area (Å²) in [5.74, 6) is 0.0238. The van der Waals surface area contributed by atoms with Gasteiger partial charge in [-0.2, -0.15) is 0 Å². The van der Waals surface area contributed by atoms with Crippen LogP contribution < -0.4 is 10.2 Å². The van der Waals surface area contributed by atoms with Gasteiger partial charge in [0.05, 0.1) is 0 Å². The number of nitrogens with one attached hydrogen (secondary N) is 1. The van der Waals surface area contributed by atoms with Gasteiger partial charge in [-0.25, -0.2) is 0 Å². The van der Waals surface area contributed by atoms with E-state index < -0.39 is 5.41 Å². The van der Waals surface area contributed by atoms with Crippen molar-refractivity contribution in [3.63, 3.8) is 0 Å². The van der Waals surface area contributed by atoms with Crippen LogP contribution in [0.3, 0.4) is 0 Å². The van der Waals surface area contributed by atoms with Crippen LogP contribution in [0.1, 0.15) is 27.7 Å². The smallest absolute Gasteiger partial charge is 0.229 e. The summed E-state index contributed by atoms with van der Waals surface area (Å²) in [5.41, 5.74) is 2.71. The second-order valence-electron chi connectivity index (χ2n) is 6.33. The Hall–Kier alpha value is -2.29. The Morgan fingerprint density at radius 1 is 0.955 bits per heavy atom. The molecular formula is C19H24N2O. The maximum absolute atomic E-state index is 12.0. The molecule has 3 heteroatoms. The number of carbonyl (C=O) groups excluding carboxylic acids is 1. The van der Waals surface area contributed by atoms with E-state index in [9.17, 15) is 4.79 Å². The molecule has 1 amide bonds. The number of anilines is 3. The minimum absolute atomic E-state index is 0.0238. The molecule has 1 N–H and O–H groups in total. The minimum Gasteiger partial charge on any atom is -0.342 e. The molecule has 3 nitrogen and oxygen atoms in total. The van der Waals surface area contributed by atoms with Crippen LogP contribution in [0.4, 0.5) is 17.1 Å². The number of amides is 1. The van der Waals surface area contributed by atoms with Gasteiger partial charge in [0, 0.05) is 29.0 Å². The molecule has 0 saturated heterocycles.